The van der Waals surface area contributed by atoms with Crippen LogP contribution >= 0.6 is 23.2 Å². The Morgan fingerprint density at radius 2 is 1.45 bits per heavy atom. The maximum absolute atomic E-state index is 14.3. The van der Waals surface area contributed by atoms with Crippen LogP contribution < -0.4 is 9.62 Å². The number of rotatable bonds is 11. The second-order valence-electron chi connectivity index (χ2n) is 9.68. The molecule has 0 saturated carbocycles. The third-order valence-electron chi connectivity index (χ3n) is 6.88. The van der Waals surface area contributed by atoms with Gasteiger partial charge in [0.2, 0.25) is 11.8 Å². The Labute approximate surface area is 256 Å². The van der Waals surface area contributed by atoms with Gasteiger partial charge < -0.3 is 10.2 Å². The molecule has 7 nitrogen and oxygen atoms in total. The molecule has 0 radical (unpaired) electrons. The van der Waals surface area contributed by atoms with E-state index in [1.807, 2.05) is 30.3 Å². The summed E-state index contributed by atoms with van der Waals surface area (Å²) in [4.78, 5) is 29.0. The number of aryl methyl sites for hydroxylation is 1. The van der Waals surface area contributed by atoms with E-state index in [0.717, 1.165) is 9.87 Å². The molecule has 1 atom stereocenters. The standard InChI is InChI=1S/C32H31Cl2N3O4S/c1-23-10-6-9-15-29(23)37(42(40,41)27-18-16-26(33)17-19-27)22-31(38)36(21-25-13-7-8-14-28(25)34)30(32(39)35-2)20-24-11-4-3-5-12-24/h3-19,30H,20-22H2,1-2H3,(H,35,39)/t30-/m0/s1. The summed E-state index contributed by atoms with van der Waals surface area (Å²) in [5, 5.41) is 3.47. The molecule has 0 aliphatic rings. The fourth-order valence-corrected chi connectivity index (χ4v) is 6.42. The highest BCUT2D eigenvalue weighted by atomic mass is 35.5. The van der Waals surface area contributed by atoms with Crippen molar-refractivity contribution in [2.75, 3.05) is 17.9 Å². The van der Waals surface area contributed by atoms with E-state index in [2.05, 4.69) is 5.32 Å². The van der Waals surface area contributed by atoms with Gasteiger partial charge in [0.15, 0.2) is 0 Å². The molecule has 218 valence electrons. The van der Waals surface area contributed by atoms with Gasteiger partial charge in [-0.25, -0.2) is 8.42 Å². The second-order valence-corrected chi connectivity index (χ2v) is 12.4. The van der Waals surface area contributed by atoms with E-state index in [0.29, 0.717) is 26.9 Å². The molecule has 42 heavy (non-hydrogen) atoms. The largest absolute Gasteiger partial charge is 0.357 e. The van der Waals surface area contributed by atoms with Crippen molar-refractivity contribution >= 4 is 50.7 Å². The highest BCUT2D eigenvalue weighted by molar-refractivity contribution is 7.92. The number of hydrogen-bond donors (Lipinski definition) is 1. The van der Waals surface area contributed by atoms with Gasteiger partial charge in [0, 0.05) is 30.1 Å². The van der Waals surface area contributed by atoms with E-state index >= 15 is 0 Å². The smallest absolute Gasteiger partial charge is 0.264 e. The SMILES string of the molecule is CNC(=O)[C@H](Cc1ccccc1)N(Cc1ccccc1Cl)C(=O)CN(c1ccccc1C)S(=O)(=O)c1ccc(Cl)cc1. The van der Waals surface area contributed by atoms with Crippen molar-refractivity contribution in [3.63, 3.8) is 0 Å². The molecule has 1 N–H and O–H groups in total. The minimum atomic E-state index is -4.21. The molecule has 0 fully saturated rings. The number of para-hydroxylation sites is 1. The zero-order valence-electron chi connectivity index (χ0n) is 23.2. The van der Waals surface area contributed by atoms with Crippen LogP contribution in [0.15, 0.2) is 108 Å². The average Bonchev–Trinajstić information content (AvgIpc) is 2.99. The lowest BCUT2D eigenvalue weighted by atomic mass is 10.0. The molecule has 0 aromatic heterocycles. The number of halogens is 2. The van der Waals surface area contributed by atoms with Crippen molar-refractivity contribution in [2.45, 2.75) is 30.8 Å². The average molecular weight is 625 g/mol. The predicted molar refractivity (Wildman–Crippen MR) is 167 cm³/mol. The van der Waals surface area contributed by atoms with E-state index in [-0.39, 0.29) is 23.8 Å². The van der Waals surface area contributed by atoms with Gasteiger partial charge in [0.1, 0.15) is 12.6 Å². The van der Waals surface area contributed by atoms with Crippen molar-refractivity contribution in [1.82, 2.24) is 10.2 Å². The Kier molecular flexibility index (Phi) is 10.3. The highest BCUT2D eigenvalue weighted by Gasteiger charge is 2.35. The van der Waals surface area contributed by atoms with Gasteiger partial charge in [0.25, 0.3) is 10.0 Å². The number of sulfonamides is 1. The molecular formula is C32H31Cl2N3O4S. The van der Waals surface area contributed by atoms with Crippen LogP contribution in [-0.2, 0) is 32.6 Å². The van der Waals surface area contributed by atoms with Gasteiger partial charge in [-0.1, -0.05) is 89.9 Å². The third kappa shape index (κ3) is 7.31. The van der Waals surface area contributed by atoms with Crippen LogP contribution in [0.2, 0.25) is 10.0 Å². The summed E-state index contributed by atoms with van der Waals surface area (Å²) in [6.07, 6.45) is 0.213. The number of nitrogens with zero attached hydrogens (tertiary/aromatic N) is 2. The number of anilines is 1. The zero-order chi connectivity index (χ0) is 30.3. The van der Waals surface area contributed by atoms with Crippen LogP contribution in [0, 0.1) is 6.92 Å². The molecule has 4 rings (SSSR count). The Balaban J connectivity index is 1.80. The van der Waals surface area contributed by atoms with Crippen LogP contribution in [0.5, 0.6) is 0 Å². The summed E-state index contributed by atoms with van der Waals surface area (Å²) < 4.78 is 29.1. The monoisotopic (exact) mass is 623 g/mol. The molecule has 10 heteroatoms. The first-order valence-electron chi connectivity index (χ1n) is 13.2. The van der Waals surface area contributed by atoms with Crippen molar-refractivity contribution < 1.29 is 18.0 Å². The van der Waals surface area contributed by atoms with Gasteiger partial charge in [0.05, 0.1) is 10.6 Å². The molecule has 0 unspecified atom stereocenters. The summed E-state index contributed by atoms with van der Waals surface area (Å²) >= 11 is 12.5. The quantitative estimate of drug-likeness (QED) is 0.226. The van der Waals surface area contributed by atoms with E-state index in [1.54, 1.807) is 55.5 Å². The minimum Gasteiger partial charge on any atom is -0.357 e. The van der Waals surface area contributed by atoms with Crippen LogP contribution in [-0.4, -0.2) is 44.8 Å². The molecule has 4 aromatic rings. The number of nitrogens with one attached hydrogen (secondary N) is 1. The summed E-state index contributed by atoms with van der Waals surface area (Å²) in [5.74, 6) is -0.956. The normalized spacial score (nSPS) is 11.9. The van der Waals surface area contributed by atoms with Gasteiger partial charge in [-0.05, 0) is 60.0 Å². The van der Waals surface area contributed by atoms with Crippen LogP contribution in [0.1, 0.15) is 16.7 Å². The van der Waals surface area contributed by atoms with Gasteiger partial charge in [-0.3, -0.25) is 13.9 Å². The van der Waals surface area contributed by atoms with E-state index in [4.69, 9.17) is 23.2 Å². The Morgan fingerprint density at radius 3 is 2.10 bits per heavy atom. The van der Waals surface area contributed by atoms with Crippen LogP contribution in [0.3, 0.4) is 0 Å². The number of amides is 2. The Morgan fingerprint density at radius 1 is 0.833 bits per heavy atom. The maximum atomic E-state index is 14.3. The maximum Gasteiger partial charge on any atom is 0.264 e. The Bertz CT molecular complexity index is 1650. The molecule has 4 aromatic carbocycles. The highest BCUT2D eigenvalue weighted by Crippen LogP contribution is 2.28. The molecule has 2 amide bonds. The fourth-order valence-electron chi connectivity index (χ4n) is 4.62. The molecule has 0 aliphatic carbocycles. The van der Waals surface area contributed by atoms with E-state index in [1.165, 1.54) is 36.2 Å². The number of carbonyl (C=O) groups excluding carboxylic acids is 2. The molecule has 0 heterocycles. The first-order chi connectivity index (χ1) is 20.1. The summed E-state index contributed by atoms with van der Waals surface area (Å²) in [6, 6.07) is 28.1. The first kappa shape index (κ1) is 31.1. The van der Waals surface area contributed by atoms with Gasteiger partial charge in [-0.2, -0.15) is 0 Å². The molecule has 0 bridgehead atoms. The van der Waals surface area contributed by atoms with Crippen LogP contribution in [0.4, 0.5) is 5.69 Å². The lowest BCUT2D eigenvalue weighted by Crippen LogP contribution is -2.53. The zero-order valence-corrected chi connectivity index (χ0v) is 25.5. The second kappa shape index (κ2) is 13.9. The van der Waals surface area contributed by atoms with Crippen molar-refractivity contribution in [1.29, 1.82) is 0 Å². The molecule has 0 saturated heterocycles. The number of carbonyl (C=O) groups is 2. The summed E-state index contributed by atoms with van der Waals surface area (Å²) in [5.41, 5.74) is 2.47. The first-order valence-corrected chi connectivity index (χ1v) is 15.4. The van der Waals surface area contributed by atoms with E-state index in [9.17, 15) is 18.0 Å². The van der Waals surface area contributed by atoms with Crippen molar-refractivity contribution in [2.24, 2.45) is 0 Å². The van der Waals surface area contributed by atoms with Crippen molar-refractivity contribution in [3.05, 3.63) is 130 Å². The molecular weight excluding hydrogens is 593 g/mol. The van der Waals surface area contributed by atoms with Gasteiger partial charge >= 0.3 is 0 Å². The van der Waals surface area contributed by atoms with Crippen LogP contribution in [0.25, 0.3) is 0 Å². The summed E-state index contributed by atoms with van der Waals surface area (Å²) in [7, 11) is -2.71. The van der Waals surface area contributed by atoms with Crippen molar-refractivity contribution in [3.8, 4) is 0 Å². The minimum absolute atomic E-state index is 0.00791. The number of hydrogen-bond acceptors (Lipinski definition) is 4. The molecule has 0 spiro atoms. The molecule has 0 aliphatic heterocycles. The lowest BCUT2D eigenvalue weighted by molar-refractivity contribution is -0.139. The fraction of sp³-hybridized carbons (Fsp3) is 0.188. The Hall–Kier alpha value is -3.85. The lowest BCUT2D eigenvalue weighted by Gasteiger charge is -2.34. The number of likely N-dealkylation sites (N-methyl/N-ethyl adjacent to an activating group) is 1. The topological polar surface area (TPSA) is 86.8 Å². The van der Waals surface area contributed by atoms with Gasteiger partial charge in [-0.15, -0.1) is 0 Å². The van der Waals surface area contributed by atoms with E-state index < -0.39 is 28.5 Å². The third-order valence-corrected chi connectivity index (χ3v) is 9.28. The number of benzene rings is 4. The predicted octanol–water partition coefficient (Wildman–Crippen LogP) is 5.88. The summed E-state index contributed by atoms with van der Waals surface area (Å²) in [6.45, 7) is 1.21.